The first kappa shape index (κ1) is 10.9. The van der Waals surface area contributed by atoms with Crippen molar-refractivity contribution in [2.75, 3.05) is 0 Å². The number of nitrogens with one attached hydrogen (secondary N) is 1. The van der Waals surface area contributed by atoms with E-state index in [4.69, 9.17) is 0 Å². The summed E-state index contributed by atoms with van der Waals surface area (Å²) in [6.45, 7) is 2.00. The number of aromatic hydroxyl groups is 1. The molecule has 0 aliphatic carbocycles. The summed E-state index contributed by atoms with van der Waals surface area (Å²) in [6.07, 6.45) is 3.15. The van der Waals surface area contributed by atoms with Gasteiger partial charge in [0.1, 0.15) is 11.4 Å². The summed E-state index contributed by atoms with van der Waals surface area (Å²) < 4.78 is 0.941. The first-order chi connectivity index (χ1) is 8.74. The van der Waals surface area contributed by atoms with Crippen LogP contribution in [-0.2, 0) is 0 Å². The number of aromatic nitrogens is 2. The van der Waals surface area contributed by atoms with E-state index < -0.39 is 0 Å². The number of azo groups is 1. The molecule has 0 fully saturated rings. The van der Waals surface area contributed by atoms with Gasteiger partial charge in [0.2, 0.25) is 0 Å². The number of phenols is 1. The van der Waals surface area contributed by atoms with Crippen molar-refractivity contribution in [3.05, 3.63) is 35.6 Å². The number of H-pyrrole nitrogens is 1. The summed E-state index contributed by atoms with van der Waals surface area (Å²) in [5.74, 6) is 0.874. The molecule has 0 atom stereocenters. The van der Waals surface area contributed by atoms with Crippen molar-refractivity contribution in [2.24, 2.45) is 10.2 Å². The minimum atomic E-state index is 0.273. The fourth-order valence-electron chi connectivity index (χ4n) is 1.71. The second-order valence-electron chi connectivity index (χ2n) is 3.84. The molecule has 0 saturated carbocycles. The fourth-order valence-corrected chi connectivity index (χ4v) is 2.69. The van der Waals surface area contributed by atoms with E-state index in [-0.39, 0.29) is 5.75 Å². The van der Waals surface area contributed by atoms with Crippen molar-refractivity contribution >= 4 is 32.9 Å². The molecule has 90 valence electrons. The second kappa shape index (κ2) is 4.23. The predicted octanol–water partition coefficient (Wildman–Crippen LogP) is 4.05. The molecule has 0 amide bonds. The van der Waals surface area contributed by atoms with Crippen LogP contribution in [0.15, 0.2) is 41.0 Å². The molecule has 5 nitrogen and oxygen atoms in total. The van der Waals surface area contributed by atoms with Crippen LogP contribution in [0.5, 0.6) is 5.75 Å². The summed E-state index contributed by atoms with van der Waals surface area (Å²) in [6, 6.07) is 5.34. The standard InChI is InChI=1S/C12H10N4OS/c1-7-4-8-10(17)3-2-9(12(8)18-7)15-16-11-5-13-6-14-11/h2-6,17H,1H3,(H,13,14). The van der Waals surface area contributed by atoms with Crippen LogP contribution in [0.1, 0.15) is 4.88 Å². The van der Waals surface area contributed by atoms with Crippen molar-refractivity contribution < 1.29 is 5.11 Å². The molecule has 2 aromatic heterocycles. The lowest BCUT2D eigenvalue weighted by molar-refractivity contribution is 0.482. The molecular formula is C12H10N4OS. The van der Waals surface area contributed by atoms with E-state index >= 15 is 0 Å². The number of aryl methyl sites for hydroxylation is 1. The average molecular weight is 258 g/mol. The molecule has 0 saturated heterocycles. The Labute approximate surface area is 107 Å². The van der Waals surface area contributed by atoms with E-state index in [0.29, 0.717) is 5.82 Å². The Balaban J connectivity index is 2.09. The Kier molecular flexibility index (Phi) is 2.56. The number of hydrogen-bond acceptors (Lipinski definition) is 5. The maximum atomic E-state index is 9.78. The van der Waals surface area contributed by atoms with Gasteiger partial charge in [0, 0.05) is 10.3 Å². The molecule has 1 aromatic carbocycles. The van der Waals surface area contributed by atoms with Gasteiger partial charge in [-0.05, 0) is 25.1 Å². The molecule has 0 spiro atoms. The van der Waals surface area contributed by atoms with Gasteiger partial charge in [-0.3, -0.25) is 0 Å². The minimum Gasteiger partial charge on any atom is -0.507 e. The molecule has 3 aromatic rings. The third-order valence-electron chi connectivity index (χ3n) is 2.51. The topological polar surface area (TPSA) is 73.6 Å². The predicted molar refractivity (Wildman–Crippen MR) is 71.0 cm³/mol. The number of thiophene rings is 1. The van der Waals surface area contributed by atoms with E-state index in [1.807, 2.05) is 13.0 Å². The minimum absolute atomic E-state index is 0.273. The number of nitrogens with zero attached hydrogens (tertiary/aromatic N) is 3. The van der Waals surface area contributed by atoms with E-state index in [2.05, 4.69) is 20.2 Å². The van der Waals surface area contributed by atoms with Crippen LogP contribution in [0.2, 0.25) is 0 Å². The van der Waals surface area contributed by atoms with Crippen LogP contribution in [0, 0.1) is 6.92 Å². The first-order valence-electron chi connectivity index (χ1n) is 5.36. The lowest BCUT2D eigenvalue weighted by atomic mass is 10.2. The highest BCUT2D eigenvalue weighted by atomic mass is 32.1. The van der Waals surface area contributed by atoms with Gasteiger partial charge in [0.25, 0.3) is 0 Å². The monoisotopic (exact) mass is 258 g/mol. The van der Waals surface area contributed by atoms with Crippen LogP contribution in [0.4, 0.5) is 11.5 Å². The number of imidazole rings is 1. The van der Waals surface area contributed by atoms with Gasteiger partial charge in [-0.1, -0.05) is 0 Å². The molecule has 0 radical (unpaired) electrons. The molecule has 0 aliphatic heterocycles. The second-order valence-corrected chi connectivity index (χ2v) is 5.10. The van der Waals surface area contributed by atoms with Crippen LogP contribution in [-0.4, -0.2) is 15.1 Å². The molecule has 0 aliphatic rings. The zero-order valence-corrected chi connectivity index (χ0v) is 10.4. The van der Waals surface area contributed by atoms with Crippen molar-refractivity contribution in [2.45, 2.75) is 6.92 Å². The zero-order chi connectivity index (χ0) is 12.5. The van der Waals surface area contributed by atoms with Crippen molar-refractivity contribution in [1.29, 1.82) is 0 Å². The van der Waals surface area contributed by atoms with Crippen LogP contribution < -0.4 is 0 Å². The molecule has 0 bridgehead atoms. The van der Waals surface area contributed by atoms with E-state index in [0.717, 1.165) is 20.7 Å². The Morgan fingerprint density at radius 3 is 3.00 bits per heavy atom. The van der Waals surface area contributed by atoms with E-state index in [1.165, 1.54) is 0 Å². The summed E-state index contributed by atoms with van der Waals surface area (Å²) in [7, 11) is 0. The van der Waals surface area contributed by atoms with Crippen LogP contribution in [0.3, 0.4) is 0 Å². The highest BCUT2D eigenvalue weighted by molar-refractivity contribution is 7.19. The Hall–Kier alpha value is -2.21. The maximum absolute atomic E-state index is 9.78. The molecule has 0 unspecified atom stereocenters. The summed E-state index contributed by atoms with van der Waals surface area (Å²) >= 11 is 1.59. The average Bonchev–Trinajstić information content (AvgIpc) is 2.97. The summed E-state index contributed by atoms with van der Waals surface area (Å²) in [4.78, 5) is 7.85. The van der Waals surface area contributed by atoms with Crippen molar-refractivity contribution in [3.63, 3.8) is 0 Å². The van der Waals surface area contributed by atoms with Crippen LogP contribution >= 0.6 is 11.3 Å². The van der Waals surface area contributed by atoms with Gasteiger partial charge >= 0.3 is 0 Å². The SMILES string of the molecule is Cc1cc2c(O)ccc(N=Nc3cnc[nH]3)c2s1. The zero-order valence-electron chi connectivity index (χ0n) is 9.58. The normalized spacial score (nSPS) is 11.6. The number of benzene rings is 1. The van der Waals surface area contributed by atoms with Gasteiger partial charge < -0.3 is 10.1 Å². The van der Waals surface area contributed by atoms with Gasteiger partial charge in [-0.2, -0.15) is 0 Å². The van der Waals surface area contributed by atoms with Crippen LogP contribution in [0.25, 0.3) is 10.1 Å². The number of hydrogen-bond donors (Lipinski definition) is 2. The lowest BCUT2D eigenvalue weighted by Gasteiger charge is -1.97. The molecule has 18 heavy (non-hydrogen) atoms. The Bertz CT molecular complexity index is 715. The van der Waals surface area contributed by atoms with Crippen molar-refractivity contribution in [1.82, 2.24) is 9.97 Å². The summed E-state index contributed by atoms with van der Waals surface area (Å²) in [5, 5.41) is 18.8. The molecule has 6 heteroatoms. The summed E-state index contributed by atoms with van der Waals surface area (Å²) in [5.41, 5.74) is 0.746. The first-order valence-corrected chi connectivity index (χ1v) is 6.18. The maximum Gasteiger partial charge on any atom is 0.172 e. The Morgan fingerprint density at radius 1 is 1.33 bits per heavy atom. The van der Waals surface area contributed by atoms with E-state index in [9.17, 15) is 5.11 Å². The Morgan fingerprint density at radius 2 is 2.22 bits per heavy atom. The number of phenolic OH excluding ortho intramolecular Hbond substituents is 1. The number of fused-ring (bicyclic) bond motifs is 1. The van der Waals surface area contributed by atoms with Gasteiger partial charge in [-0.25, -0.2) is 4.98 Å². The highest BCUT2D eigenvalue weighted by Crippen LogP contribution is 2.38. The fraction of sp³-hybridized carbons (Fsp3) is 0.0833. The van der Waals surface area contributed by atoms with Crippen molar-refractivity contribution in [3.8, 4) is 5.75 Å². The third-order valence-corrected chi connectivity index (χ3v) is 3.59. The molecule has 3 rings (SSSR count). The third kappa shape index (κ3) is 1.86. The smallest absolute Gasteiger partial charge is 0.172 e. The number of rotatable bonds is 2. The number of aromatic amines is 1. The van der Waals surface area contributed by atoms with Gasteiger partial charge in [-0.15, -0.1) is 21.6 Å². The quantitative estimate of drug-likeness (QED) is 0.680. The molecule has 2 N–H and O–H groups in total. The lowest BCUT2D eigenvalue weighted by Crippen LogP contribution is -1.68. The molecular weight excluding hydrogens is 248 g/mol. The molecule has 2 heterocycles. The van der Waals surface area contributed by atoms with Gasteiger partial charge in [0.15, 0.2) is 5.82 Å². The van der Waals surface area contributed by atoms with Gasteiger partial charge in [0.05, 0.1) is 17.2 Å². The largest absolute Gasteiger partial charge is 0.507 e. The highest BCUT2D eigenvalue weighted by Gasteiger charge is 2.08. The van der Waals surface area contributed by atoms with E-state index in [1.54, 1.807) is 36.0 Å².